The predicted molar refractivity (Wildman–Crippen MR) is 129 cm³/mol. The Balaban J connectivity index is 1.80. The zero-order chi connectivity index (χ0) is 28.3. The molecule has 1 aromatic heterocycles. The number of aromatic nitrogens is 1. The van der Waals surface area contributed by atoms with Gasteiger partial charge in [0.15, 0.2) is 0 Å². The fourth-order valence-corrected chi connectivity index (χ4v) is 3.83. The molecule has 208 valence electrons. The highest BCUT2D eigenvalue weighted by molar-refractivity contribution is 5.97. The molecule has 1 aliphatic rings. The number of hydrogen-bond donors (Lipinski definition) is 2. The number of alkyl carbamates (subject to hydrolysis) is 1. The van der Waals surface area contributed by atoms with Gasteiger partial charge in [0.25, 0.3) is 11.8 Å². The number of benzene rings is 1. The average molecular weight is 545 g/mol. The molecule has 1 aliphatic heterocycles. The van der Waals surface area contributed by atoms with Crippen LogP contribution in [0.5, 0.6) is 5.75 Å². The van der Waals surface area contributed by atoms with Crippen LogP contribution in [0, 0.1) is 6.92 Å². The normalized spacial score (nSPS) is 17.5. The number of anilines is 2. The van der Waals surface area contributed by atoms with E-state index < -0.39 is 54.6 Å². The summed E-state index contributed by atoms with van der Waals surface area (Å²) in [4.78, 5) is 30.5. The van der Waals surface area contributed by atoms with Crippen LogP contribution in [0.4, 0.5) is 38.3 Å². The van der Waals surface area contributed by atoms with Crippen LogP contribution < -0.4 is 15.4 Å². The van der Waals surface area contributed by atoms with Gasteiger partial charge in [0, 0.05) is 35.5 Å². The van der Waals surface area contributed by atoms with Crippen molar-refractivity contribution >= 4 is 23.5 Å². The number of carbonyl (C=O) groups is 2. The van der Waals surface area contributed by atoms with Gasteiger partial charge in [-0.15, -0.1) is 13.2 Å². The molecule has 13 heteroatoms. The molecule has 38 heavy (non-hydrogen) atoms. The summed E-state index contributed by atoms with van der Waals surface area (Å²) in [6, 6.07) is 5.80. The number of aryl methyl sites for hydroxylation is 1. The van der Waals surface area contributed by atoms with E-state index in [9.17, 15) is 31.5 Å². The Kier molecular flexibility index (Phi) is 8.37. The van der Waals surface area contributed by atoms with E-state index in [4.69, 9.17) is 4.74 Å². The summed E-state index contributed by atoms with van der Waals surface area (Å²) in [5, 5.41) is 5.40. The molecule has 0 unspecified atom stereocenters. The van der Waals surface area contributed by atoms with Gasteiger partial charge in [-0.05, 0) is 57.9 Å². The molecular formula is C25H29F5N4O4. The SMILES string of the molecule is Cc1ccc(Nc2cc(OC(F)(F)F)ccn2)cc1C(=O)N1CC(F)(F)CC[C@@H]1COC(=O)NC(C)(C)C. The number of nitrogens with zero attached hydrogens (tertiary/aromatic N) is 2. The van der Waals surface area contributed by atoms with Gasteiger partial charge < -0.3 is 25.0 Å². The van der Waals surface area contributed by atoms with Crippen molar-refractivity contribution in [2.24, 2.45) is 0 Å². The Morgan fingerprint density at radius 3 is 2.53 bits per heavy atom. The summed E-state index contributed by atoms with van der Waals surface area (Å²) in [5.74, 6) is -4.30. The summed E-state index contributed by atoms with van der Waals surface area (Å²) >= 11 is 0. The molecule has 2 heterocycles. The minimum Gasteiger partial charge on any atom is -0.447 e. The standard InChI is InChI=1S/C25H29F5N4O4/c1-15-5-6-16(32-20-12-18(8-10-31-20)38-25(28,29)30)11-19(15)21(35)34-14-24(26,27)9-7-17(34)13-37-22(36)33-23(2,3)4/h5-6,8,10-12,17H,7,9,13-14H2,1-4H3,(H,31,32)(H,33,36)/t17-/m1/s1. The minimum atomic E-state index is -4.88. The Labute approximate surface area is 216 Å². The van der Waals surface area contributed by atoms with E-state index in [2.05, 4.69) is 20.4 Å². The number of hydrogen-bond acceptors (Lipinski definition) is 6. The maximum absolute atomic E-state index is 14.3. The van der Waals surface area contributed by atoms with E-state index in [0.29, 0.717) is 5.56 Å². The molecule has 2 aromatic rings. The number of piperidine rings is 1. The number of ether oxygens (including phenoxy) is 2. The molecule has 3 rings (SSSR count). The van der Waals surface area contributed by atoms with Gasteiger partial charge in [0.2, 0.25) is 0 Å². The van der Waals surface area contributed by atoms with E-state index >= 15 is 0 Å². The zero-order valence-electron chi connectivity index (χ0n) is 21.3. The van der Waals surface area contributed by atoms with Crippen LogP contribution in [0.2, 0.25) is 0 Å². The Bertz CT molecular complexity index is 1170. The van der Waals surface area contributed by atoms with Crippen LogP contribution in [0.3, 0.4) is 0 Å². The summed E-state index contributed by atoms with van der Waals surface area (Å²) < 4.78 is 75.3. The lowest BCUT2D eigenvalue weighted by Gasteiger charge is -2.39. The third kappa shape index (κ3) is 8.45. The highest BCUT2D eigenvalue weighted by atomic mass is 19.4. The second-order valence-corrected chi connectivity index (χ2v) is 10.0. The van der Waals surface area contributed by atoms with Gasteiger partial charge in [-0.3, -0.25) is 4.79 Å². The molecule has 0 saturated carbocycles. The molecule has 0 aliphatic carbocycles. The number of nitrogens with one attached hydrogen (secondary N) is 2. The van der Waals surface area contributed by atoms with Crippen LogP contribution in [-0.2, 0) is 4.74 Å². The fourth-order valence-electron chi connectivity index (χ4n) is 3.83. The van der Waals surface area contributed by atoms with Crippen LogP contribution in [0.15, 0.2) is 36.5 Å². The number of likely N-dealkylation sites (tertiary alicyclic amines) is 1. The van der Waals surface area contributed by atoms with Gasteiger partial charge in [-0.25, -0.2) is 18.6 Å². The fraction of sp³-hybridized carbons (Fsp3) is 0.480. The number of rotatable bonds is 6. The van der Waals surface area contributed by atoms with Gasteiger partial charge in [-0.2, -0.15) is 0 Å². The second-order valence-electron chi connectivity index (χ2n) is 10.0. The minimum absolute atomic E-state index is 0.00893. The second kappa shape index (κ2) is 11.0. The molecule has 1 fully saturated rings. The quantitative estimate of drug-likeness (QED) is 0.447. The van der Waals surface area contributed by atoms with Crippen molar-refractivity contribution in [1.29, 1.82) is 0 Å². The lowest BCUT2D eigenvalue weighted by molar-refractivity contribution is -0.274. The lowest BCUT2D eigenvalue weighted by atomic mass is 9.97. The summed E-state index contributed by atoms with van der Waals surface area (Å²) in [6.45, 7) is 5.77. The van der Waals surface area contributed by atoms with E-state index in [1.807, 2.05) is 0 Å². The van der Waals surface area contributed by atoms with Crippen LogP contribution in [-0.4, -0.2) is 58.9 Å². The molecule has 1 saturated heterocycles. The van der Waals surface area contributed by atoms with Crippen LogP contribution in [0.25, 0.3) is 0 Å². The van der Waals surface area contributed by atoms with Gasteiger partial charge >= 0.3 is 12.5 Å². The highest BCUT2D eigenvalue weighted by Gasteiger charge is 2.43. The molecule has 1 aromatic carbocycles. The molecule has 0 spiro atoms. The first-order valence-corrected chi connectivity index (χ1v) is 11.7. The highest BCUT2D eigenvalue weighted by Crippen LogP contribution is 2.33. The third-order valence-electron chi connectivity index (χ3n) is 5.54. The third-order valence-corrected chi connectivity index (χ3v) is 5.54. The molecule has 0 bridgehead atoms. The van der Waals surface area contributed by atoms with Crippen molar-refractivity contribution in [2.75, 3.05) is 18.5 Å². The van der Waals surface area contributed by atoms with Crippen LogP contribution >= 0.6 is 0 Å². The number of alkyl halides is 5. The maximum Gasteiger partial charge on any atom is 0.573 e. The maximum atomic E-state index is 14.3. The van der Waals surface area contributed by atoms with E-state index in [0.717, 1.165) is 23.2 Å². The largest absolute Gasteiger partial charge is 0.573 e. The molecule has 2 N–H and O–H groups in total. The smallest absolute Gasteiger partial charge is 0.447 e. The van der Waals surface area contributed by atoms with Crippen molar-refractivity contribution in [1.82, 2.24) is 15.2 Å². The monoisotopic (exact) mass is 544 g/mol. The first-order valence-electron chi connectivity index (χ1n) is 11.7. The van der Waals surface area contributed by atoms with E-state index in [1.165, 1.54) is 6.07 Å². The zero-order valence-corrected chi connectivity index (χ0v) is 21.3. The first-order chi connectivity index (χ1) is 17.5. The van der Waals surface area contributed by atoms with Crippen molar-refractivity contribution in [3.8, 4) is 5.75 Å². The lowest BCUT2D eigenvalue weighted by Crippen LogP contribution is -2.54. The average Bonchev–Trinajstić information content (AvgIpc) is 2.76. The summed E-state index contributed by atoms with van der Waals surface area (Å²) in [6.07, 6.45) is -5.04. The predicted octanol–water partition coefficient (Wildman–Crippen LogP) is 5.80. The Hall–Kier alpha value is -3.64. The Morgan fingerprint density at radius 1 is 1.16 bits per heavy atom. The van der Waals surface area contributed by atoms with Gasteiger partial charge in [0.1, 0.15) is 18.2 Å². The van der Waals surface area contributed by atoms with Gasteiger partial charge in [0.05, 0.1) is 12.6 Å². The molecule has 0 radical (unpaired) electrons. The van der Waals surface area contributed by atoms with Crippen molar-refractivity contribution in [3.63, 3.8) is 0 Å². The summed E-state index contributed by atoms with van der Waals surface area (Å²) in [5.41, 5.74) is 0.308. The summed E-state index contributed by atoms with van der Waals surface area (Å²) in [7, 11) is 0. The topological polar surface area (TPSA) is 92.8 Å². The molecule has 2 amide bonds. The number of amides is 2. The molecule has 1 atom stereocenters. The number of carbonyl (C=O) groups excluding carboxylic acids is 2. The molecule has 8 nitrogen and oxygen atoms in total. The number of halogens is 5. The van der Waals surface area contributed by atoms with E-state index in [1.54, 1.807) is 39.8 Å². The van der Waals surface area contributed by atoms with Gasteiger partial charge in [-0.1, -0.05) is 6.07 Å². The van der Waals surface area contributed by atoms with Crippen LogP contribution in [0.1, 0.15) is 49.5 Å². The molecular weight excluding hydrogens is 515 g/mol. The van der Waals surface area contributed by atoms with Crippen molar-refractivity contribution < 1.29 is 41.0 Å². The first kappa shape index (κ1) is 28.9. The Morgan fingerprint density at radius 2 is 1.87 bits per heavy atom. The number of pyridine rings is 1. The van der Waals surface area contributed by atoms with Crippen molar-refractivity contribution in [3.05, 3.63) is 47.7 Å². The van der Waals surface area contributed by atoms with Crippen molar-refractivity contribution in [2.45, 2.75) is 64.4 Å². The van der Waals surface area contributed by atoms with E-state index in [-0.39, 0.29) is 30.1 Å².